The lowest BCUT2D eigenvalue weighted by Gasteiger charge is -2.19. The van der Waals surface area contributed by atoms with Crippen LogP contribution in [0.3, 0.4) is 0 Å². The van der Waals surface area contributed by atoms with Crippen LogP contribution in [0.15, 0.2) is 36.4 Å². The van der Waals surface area contributed by atoms with Crippen LogP contribution < -0.4 is 5.32 Å². The summed E-state index contributed by atoms with van der Waals surface area (Å²) in [5, 5.41) is 1.66. The molecule has 12 heteroatoms. The van der Waals surface area contributed by atoms with E-state index in [4.69, 9.17) is 34.8 Å². The van der Waals surface area contributed by atoms with Crippen LogP contribution >= 0.6 is 34.8 Å². The van der Waals surface area contributed by atoms with Gasteiger partial charge in [-0.15, -0.1) is 0 Å². The van der Waals surface area contributed by atoms with Crippen LogP contribution in [0.4, 0.5) is 30.7 Å². The maximum atomic E-state index is 14.9. The zero-order valence-electron chi connectivity index (χ0n) is 18.9. The van der Waals surface area contributed by atoms with Crippen molar-refractivity contribution in [2.75, 3.05) is 13.1 Å². The number of nitrogens with one attached hydrogen (secondary N) is 1. The van der Waals surface area contributed by atoms with Gasteiger partial charge in [0, 0.05) is 17.5 Å². The van der Waals surface area contributed by atoms with Gasteiger partial charge in [-0.3, -0.25) is 4.79 Å². The molecule has 2 nitrogen and oxygen atoms in total. The molecule has 2 rings (SSSR count). The number of aryl methyl sites for hydroxylation is 1. The minimum absolute atomic E-state index is 0.0443. The summed E-state index contributed by atoms with van der Waals surface area (Å²) < 4.78 is 92.8. The highest BCUT2D eigenvalue weighted by Crippen LogP contribution is 2.42. The topological polar surface area (TPSA) is 29.1 Å². The number of rotatable bonds is 9. The lowest BCUT2D eigenvalue weighted by atomic mass is 9.93. The fourth-order valence-electron chi connectivity index (χ4n) is 3.46. The number of carbonyl (C=O) groups excluding carboxylic acids is 1. The minimum Gasteiger partial charge on any atom is -0.308 e. The summed E-state index contributed by atoms with van der Waals surface area (Å²) in [6, 6.07) is 5.56. The average Bonchev–Trinajstić information content (AvgIpc) is 2.73. The summed E-state index contributed by atoms with van der Waals surface area (Å²) in [5.74, 6) is -4.37. The Morgan fingerprint density at radius 3 is 2.11 bits per heavy atom. The first-order chi connectivity index (χ1) is 16.5. The molecule has 0 aromatic heterocycles. The van der Waals surface area contributed by atoms with Gasteiger partial charge in [-0.1, -0.05) is 53.9 Å². The summed E-state index contributed by atoms with van der Waals surface area (Å²) in [5.41, 5.74) is -0.103. The summed E-state index contributed by atoms with van der Waals surface area (Å²) >= 11 is 17.5. The van der Waals surface area contributed by atoms with Crippen LogP contribution in [-0.4, -0.2) is 31.2 Å². The van der Waals surface area contributed by atoms with Crippen molar-refractivity contribution in [1.29, 1.82) is 0 Å². The molecule has 2 atom stereocenters. The Morgan fingerprint density at radius 1 is 1.03 bits per heavy atom. The smallest absolute Gasteiger partial charge is 0.308 e. The monoisotopic (exact) mass is 577 g/mol. The van der Waals surface area contributed by atoms with Crippen molar-refractivity contribution in [2.45, 2.75) is 38.5 Å². The second-order valence-electron chi connectivity index (χ2n) is 8.34. The summed E-state index contributed by atoms with van der Waals surface area (Å²) in [6.07, 6.45) is -8.94. The van der Waals surface area contributed by atoms with Crippen molar-refractivity contribution >= 4 is 46.4 Å². The molecule has 198 valence electrons. The van der Waals surface area contributed by atoms with Crippen LogP contribution in [-0.2, 0) is 0 Å². The van der Waals surface area contributed by atoms with Gasteiger partial charge in [-0.2, -0.15) is 26.3 Å². The molecule has 0 saturated heterocycles. The third-order valence-electron chi connectivity index (χ3n) is 5.19. The van der Waals surface area contributed by atoms with Crippen LogP contribution in [0.1, 0.15) is 46.3 Å². The van der Waals surface area contributed by atoms with E-state index in [1.54, 1.807) is 6.92 Å². The Balaban J connectivity index is 2.24. The zero-order chi connectivity index (χ0) is 27.4. The molecule has 36 heavy (non-hydrogen) atoms. The SMILES string of the molecule is Cc1cc(/C(F)=C/C(c2cc(Cl)c(Cl)c(Cl)c2)C(F)(F)F)ccc1C(=O)C[C@H](C)CNCC(F)(F)F. The van der Waals surface area contributed by atoms with E-state index in [0.717, 1.165) is 18.2 Å². The number of alkyl halides is 6. The van der Waals surface area contributed by atoms with Crippen molar-refractivity contribution < 1.29 is 35.5 Å². The van der Waals surface area contributed by atoms with E-state index in [1.165, 1.54) is 19.1 Å². The Hall–Kier alpha value is -1.81. The standard InChI is InChI=1S/C24H21Cl3F7NO/c1-12(10-35-11-23(29,30)31)5-21(36)16-4-3-14(6-13(16)2)20(28)9-17(24(32,33)34)15-7-18(25)22(27)19(26)8-15/h3-4,6-9,12,17,35H,5,10-11H2,1-2H3/b20-9-/t12-,17?/m0/s1. The maximum Gasteiger partial charge on any atom is 0.401 e. The summed E-state index contributed by atoms with van der Waals surface area (Å²) in [6.45, 7) is 1.85. The average molecular weight is 579 g/mol. The van der Waals surface area contributed by atoms with Gasteiger partial charge in [-0.25, -0.2) is 4.39 Å². The van der Waals surface area contributed by atoms with E-state index in [2.05, 4.69) is 5.32 Å². The molecule has 0 spiro atoms. The number of Topliss-reactive ketones (excluding diaryl/α,β-unsaturated/α-hetero) is 1. The number of benzene rings is 2. The molecule has 0 saturated carbocycles. The quantitative estimate of drug-likeness (QED) is 0.183. The van der Waals surface area contributed by atoms with Crippen LogP contribution in [0, 0.1) is 12.8 Å². The molecule has 2 aromatic rings. The highest BCUT2D eigenvalue weighted by atomic mass is 35.5. The summed E-state index contributed by atoms with van der Waals surface area (Å²) in [7, 11) is 0. The first-order valence-corrected chi connectivity index (χ1v) is 11.6. The molecule has 0 bridgehead atoms. The highest BCUT2D eigenvalue weighted by Gasteiger charge is 2.40. The predicted molar refractivity (Wildman–Crippen MR) is 128 cm³/mol. The molecule has 0 aliphatic rings. The van der Waals surface area contributed by atoms with Crippen molar-refractivity contribution in [2.24, 2.45) is 5.92 Å². The first-order valence-electron chi connectivity index (χ1n) is 10.5. The van der Waals surface area contributed by atoms with Crippen molar-refractivity contribution in [3.63, 3.8) is 0 Å². The Bertz CT molecular complexity index is 1110. The molecule has 1 N–H and O–H groups in total. The van der Waals surface area contributed by atoms with Crippen molar-refractivity contribution in [1.82, 2.24) is 5.32 Å². The molecule has 0 aliphatic heterocycles. The molecule has 0 fully saturated rings. The number of hydrogen-bond donors (Lipinski definition) is 1. The van der Waals surface area contributed by atoms with Gasteiger partial charge in [0.1, 0.15) is 11.7 Å². The van der Waals surface area contributed by atoms with Crippen LogP contribution in [0.25, 0.3) is 5.83 Å². The normalized spacial score (nSPS) is 14.6. The molecular formula is C24H21Cl3F7NO. The molecule has 0 aliphatic carbocycles. The maximum absolute atomic E-state index is 14.9. The van der Waals surface area contributed by atoms with Gasteiger partial charge in [-0.05, 0) is 54.8 Å². The third-order valence-corrected chi connectivity index (χ3v) is 6.38. The third kappa shape index (κ3) is 8.64. The fourth-order valence-corrected chi connectivity index (χ4v) is 4.07. The molecule has 0 heterocycles. The fraction of sp³-hybridized carbons (Fsp3) is 0.375. The number of halogens is 10. The van der Waals surface area contributed by atoms with Crippen molar-refractivity contribution in [3.8, 4) is 0 Å². The number of ketones is 1. The first kappa shape index (κ1) is 30.4. The van der Waals surface area contributed by atoms with E-state index in [9.17, 15) is 35.5 Å². The van der Waals surface area contributed by atoms with E-state index < -0.39 is 42.1 Å². The van der Waals surface area contributed by atoms with Gasteiger partial charge < -0.3 is 5.32 Å². The second-order valence-corrected chi connectivity index (χ2v) is 9.53. The molecule has 0 radical (unpaired) electrons. The summed E-state index contributed by atoms with van der Waals surface area (Å²) in [4.78, 5) is 12.6. The van der Waals surface area contributed by atoms with E-state index in [1.807, 2.05) is 0 Å². The van der Waals surface area contributed by atoms with Crippen LogP contribution in [0.2, 0.25) is 15.1 Å². The van der Waals surface area contributed by atoms with Gasteiger partial charge in [0.2, 0.25) is 0 Å². The largest absolute Gasteiger partial charge is 0.401 e. The van der Waals surface area contributed by atoms with Crippen molar-refractivity contribution in [3.05, 3.63) is 73.7 Å². The Morgan fingerprint density at radius 2 is 1.61 bits per heavy atom. The minimum atomic E-state index is -4.88. The molecule has 1 unspecified atom stereocenters. The highest BCUT2D eigenvalue weighted by molar-refractivity contribution is 6.48. The lowest BCUT2D eigenvalue weighted by molar-refractivity contribution is -0.139. The van der Waals surface area contributed by atoms with E-state index in [0.29, 0.717) is 11.6 Å². The van der Waals surface area contributed by atoms with Gasteiger partial charge in [0.25, 0.3) is 0 Å². The van der Waals surface area contributed by atoms with Gasteiger partial charge >= 0.3 is 12.4 Å². The Kier molecular flexibility index (Phi) is 10.3. The number of hydrogen-bond acceptors (Lipinski definition) is 2. The number of allylic oxidation sites excluding steroid dienone is 1. The van der Waals surface area contributed by atoms with Gasteiger partial charge in [0.15, 0.2) is 5.78 Å². The lowest BCUT2D eigenvalue weighted by Crippen LogP contribution is -2.32. The number of carbonyl (C=O) groups is 1. The second kappa shape index (κ2) is 12.2. The molecule has 2 aromatic carbocycles. The van der Waals surface area contributed by atoms with E-state index >= 15 is 0 Å². The van der Waals surface area contributed by atoms with Gasteiger partial charge in [0.05, 0.1) is 21.6 Å². The van der Waals surface area contributed by atoms with E-state index in [-0.39, 0.29) is 44.9 Å². The van der Waals surface area contributed by atoms with Crippen LogP contribution in [0.5, 0.6) is 0 Å². The zero-order valence-corrected chi connectivity index (χ0v) is 21.2. The Labute approximate surface area is 218 Å². The molecule has 0 amide bonds. The molecular weight excluding hydrogens is 558 g/mol. The predicted octanol–water partition coefficient (Wildman–Crippen LogP) is 8.97.